The highest BCUT2D eigenvalue weighted by molar-refractivity contribution is 5.93. The van der Waals surface area contributed by atoms with Gasteiger partial charge in [-0.15, -0.1) is 0 Å². The maximum Gasteiger partial charge on any atom is 0.261 e. The molecule has 2 N–H and O–H groups in total. The quantitative estimate of drug-likeness (QED) is 0.794. The molecular weight excluding hydrogens is 374 g/mol. The number of benzene rings is 1. The van der Waals surface area contributed by atoms with Gasteiger partial charge in [-0.3, -0.25) is 14.5 Å². The van der Waals surface area contributed by atoms with Crippen molar-refractivity contribution in [2.45, 2.75) is 32.5 Å². The van der Waals surface area contributed by atoms with Crippen molar-refractivity contribution in [2.75, 3.05) is 26.5 Å². The third-order valence-electron chi connectivity index (χ3n) is 5.03. The Bertz CT molecular complexity index is 942. The van der Waals surface area contributed by atoms with Crippen molar-refractivity contribution in [1.82, 2.24) is 15.2 Å². The number of amides is 1. The highest BCUT2D eigenvalue weighted by atomic mass is 16.7. The average Bonchev–Trinajstić information content (AvgIpc) is 3.07. The predicted molar refractivity (Wildman–Crippen MR) is 106 cm³/mol. The fraction of sp³-hybridized carbons (Fsp3) is 0.429. The van der Waals surface area contributed by atoms with Gasteiger partial charge in [0.05, 0.1) is 6.10 Å². The second kappa shape index (κ2) is 8.67. The first kappa shape index (κ1) is 19.5. The van der Waals surface area contributed by atoms with Crippen LogP contribution in [0.5, 0.6) is 11.5 Å². The van der Waals surface area contributed by atoms with Gasteiger partial charge in [0.25, 0.3) is 11.5 Å². The topological polar surface area (TPSA) is 92.9 Å². The lowest BCUT2D eigenvalue weighted by molar-refractivity contribution is 0.0666. The second-order valence-corrected chi connectivity index (χ2v) is 7.37. The average molecular weight is 399 g/mol. The zero-order chi connectivity index (χ0) is 20.2. The SMILES string of the molecule is CC1CN(Cc2ccc(C(=O)NCc3ccc4c(c3)OCO4)c(=O)[nH]2)CCCO1. The van der Waals surface area contributed by atoms with Gasteiger partial charge < -0.3 is 24.5 Å². The highest BCUT2D eigenvalue weighted by Gasteiger charge is 2.17. The van der Waals surface area contributed by atoms with E-state index >= 15 is 0 Å². The van der Waals surface area contributed by atoms with Gasteiger partial charge >= 0.3 is 0 Å². The molecule has 1 fully saturated rings. The largest absolute Gasteiger partial charge is 0.454 e. The Morgan fingerprint density at radius 3 is 2.97 bits per heavy atom. The van der Waals surface area contributed by atoms with E-state index in [0.717, 1.165) is 37.4 Å². The van der Waals surface area contributed by atoms with Gasteiger partial charge in [-0.1, -0.05) is 6.07 Å². The molecule has 2 aliphatic rings. The maximum absolute atomic E-state index is 12.4. The molecule has 1 amide bonds. The molecule has 2 aromatic rings. The van der Waals surface area contributed by atoms with Crippen LogP contribution in [0.15, 0.2) is 35.1 Å². The Labute approximate surface area is 168 Å². The Morgan fingerprint density at radius 2 is 2.10 bits per heavy atom. The lowest BCUT2D eigenvalue weighted by Crippen LogP contribution is -2.32. The van der Waals surface area contributed by atoms with Crippen molar-refractivity contribution >= 4 is 5.91 Å². The summed E-state index contributed by atoms with van der Waals surface area (Å²) in [7, 11) is 0. The number of H-pyrrole nitrogens is 1. The normalized spacial score (nSPS) is 19.0. The van der Waals surface area contributed by atoms with Crippen LogP contribution >= 0.6 is 0 Å². The molecule has 0 spiro atoms. The number of nitrogens with one attached hydrogen (secondary N) is 2. The van der Waals surface area contributed by atoms with E-state index < -0.39 is 5.91 Å². The Kier molecular flexibility index (Phi) is 5.82. The van der Waals surface area contributed by atoms with Gasteiger partial charge in [0, 0.05) is 38.5 Å². The second-order valence-electron chi connectivity index (χ2n) is 7.37. The van der Waals surface area contributed by atoms with E-state index in [2.05, 4.69) is 22.1 Å². The molecule has 0 radical (unpaired) electrons. The van der Waals surface area contributed by atoms with Gasteiger partial charge in [-0.2, -0.15) is 0 Å². The zero-order valence-corrected chi connectivity index (χ0v) is 16.4. The number of aromatic amines is 1. The minimum Gasteiger partial charge on any atom is -0.454 e. The molecule has 3 heterocycles. The van der Waals surface area contributed by atoms with Crippen molar-refractivity contribution in [3.63, 3.8) is 0 Å². The predicted octanol–water partition coefficient (Wildman–Crippen LogP) is 1.64. The molecule has 1 unspecified atom stereocenters. The van der Waals surface area contributed by atoms with Crippen LogP contribution in [-0.4, -0.2) is 48.4 Å². The Balaban J connectivity index is 1.37. The third kappa shape index (κ3) is 4.78. The minimum atomic E-state index is -0.410. The third-order valence-corrected chi connectivity index (χ3v) is 5.03. The zero-order valence-electron chi connectivity index (χ0n) is 16.4. The first-order valence-corrected chi connectivity index (χ1v) is 9.81. The molecule has 1 aromatic carbocycles. The van der Waals surface area contributed by atoms with Crippen LogP contribution in [0.2, 0.25) is 0 Å². The Hall–Kier alpha value is -2.84. The summed E-state index contributed by atoms with van der Waals surface area (Å²) in [6.07, 6.45) is 1.14. The summed E-state index contributed by atoms with van der Waals surface area (Å²) in [6, 6.07) is 8.86. The molecule has 1 atom stereocenters. The number of pyridine rings is 1. The summed E-state index contributed by atoms with van der Waals surface area (Å²) in [6.45, 7) is 5.68. The maximum atomic E-state index is 12.4. The Morgan fingerprint density at radius 1 is 1.24 bits per heavy atom. The number of nitrogens with zero attached hydrogens (tertiary/aromatic N) is 1. The smallest absolute Gasteiger partial charge is 0.261 e. The molecule has 1 saturated heterocycles. The van der Waals surface area contributed by atoms with Gasteiger partial charge in [-0.25, -0.2) is 0 Å². The van der Waals surface area contributed by atoms with Crippen LogP contribution in [0, 0.1) is 0 Å². The molecule has 0 saturated carbocycles. The summed E-state index contributed by atoms with van der Waals surface area (Å²) in [5.74, 6) is 0.942. The van der Waals surface area contributed by atoms with Crippen molar-refractivity contribution in [3.8, 4) is 11.5 Å². The van der Waals surface area contributed by atoms with Gasteiger partial charge in [0.1, 0.15) is 5.56 Å². The molecule has 4 rings (SSSR count). The lowest BCUT2D eigenvalue weighted by Gasteiger charge is -2.21. The van der Waals surface area contributed by atoms with E-state index in [4.69, 9.17) is 14.2 Å². The van der Waals surface area contributed by atoms with Crippen LogP contribution in [0.4, 0.5) is 0 Å². The molecule has 0 bridgehead atoms. The van der Waals surface area contributed by atoms with E-state index in [1.165, 1.54) is 0 Å². The number of fused-ring (bicyclic) bond motifs is 1. The van der Waals surface area contributed by atoms with E-state index in [-0.39, 0.29) is 24.0 Å². The van der Waals surface area contributed by atoms with Crippen molar-refractivity contribution < 1.29 is 19.0 Å². The number of hydrogen-bond acceptors (Lipinski definition) is 6. The van der Waals surface area contributed by atoms with E-state index in [1.54, 1.807) is 18.2 Å². The molecule has 8 nitrogen and oxygen atoms in total. The summed E-state index contributed by atoms with van der Waals surface area (Å²) in [4.78, 5) is 30.0. The molecule has 8 heteroatoms. The van der Waals surface area contributed by atoms with Crippen LogP contribution in [0.25, 0.3) is 0 Å². The summed E-state index contributed by atoms with van der Waals surface area (Å²) in [5.41, 5.74) is 1.37. The van der Waals surface area contributed by atoms with Crippen molar-refractivity contribution in [1.29, 1.82) is 0 Å². The van der Waals surface area contributed by atoms with Gasteiger partial charge in [0.2, 0.25) is 6.79 Å². The number of hydrogen-bond donors (Lipinski definition) is 2. The van der Waals surface area contributed by atoms with Crippen LogP contribution in [-0.2, 0) is 17.8 Å². The van der Waals surface area contributed by atoms with Crippen molar-refractivity contribution in [2.24, 2.45) is 0 Å². The highest BCUT2D eigenvalue weighted by Crippen LogP contribution is 2.32. The van der Waals surface area contributed by atoms with Crippen LogP contribution in [0.1, 0.15) is 35.0 Å². The van der Waals surface area contributed by atoms with E-state index in [1.807, 2.05) is 12.1 Å². The van der Waals surface area contributed by atoms with Crippen molar-refractivity contribution in [3.05, 3.63) is 57.5 Å². The minimum absolute atomic E-state index is 0.0991. The number of aromatic nitrogens is 1. The van der Waals surface area contributed by atoms with Gasteiger partial charge in [-0.05, 0) is 43.2 Å². The van der Waals surface area contributed by atoms with Gasteiger partial charge in [0.15, 0.2) is 11.5 Å². The first-order valence-electron chi connectivity index (χ1n) is 9.81. The molecular formula is C21H25N3O5. The summed E-state index contributed by atoms with van der Waals surface area (Å²) in [5, 5.41) is 2.78. The lowest BCUT2D eigenvalue weighted by atomic mass is 10.2. The standard InChI is InChI=1S/C21H25N3O5/c1-14-11-24(7-2-8-27-14)12-16-4-5-17(21(26)23-16)20(25)22-10-15-3-6-18-19(9-15)29-13-28-18/h3-6,9,14H,2,7-8,10-13H2,1H3,(H,22,25)(H,23,26). The summed E-state index contributed by atoms with van der Waals surface area (Å²) >= 11 is 0. The first-order chi connectivity index (χ1) is 14.1. The number of carbonyl (C=O) groups excluding carboxylic acids is 1. The number of rotatable bonds is 5. The number of carbonyl (C=O) groups is 1. The molecule has 154 valence electrons. The van der Waals surface area contributed by atoms with Crippen LogP contribution in [0.3, 0.4) is 0 Å². The molecule has 1 aromatic heterocycles. The molecule has 0 aliphatic carbocycles. The molecule has 2 aliphatic heterocycles. The fourth-order valence-corrected chi connectivity index (χ4v) is 3.58. The molecule has 29 heavy (non-hydrogen) atoms. The van der Waals surface area contributed by atoms with Crippen LogP contribution < -0.4 is 20.3 Å². The van der Waals surface area contributed by atoms with E-state index in [9.17, 15) is 9.59 Å². The van der Waals surface area contributed by atoms with E-state index in [0.29, 0.717) is 24.6 Å². The monoisotopic (exact) mass is 399 g/mol. The fourth-order valence-electron chi connectivity index (χ4n) is 3.58. The summed E-state index contributed by atoms with van der Waals surface area (Å²) < 4.78 is 16.3. The number of ether oxygens (including phenoxy) is 3.